The standard InChI is InChI=1S/C34H35N3O2/c1-20-16-21(2)33(22(3)17-20)39-34(38)30-24(5)37-29(32(30)26-14-10-7-11-15-26)18-28-31(25-12-8-6-9-13-25)27(19-35)23(4)36-28/h6-15,18,20-22,33,36H,16-17H2,1-5H3/b29-18-. The van der Waals surface area contributed by atoms with Crippen LogP contribution in [0.2, 0.25) is 0 Å². The second-order valence-corrected chi connectivity index (χ2v) is 11.1. The van der Waals surface area contributed by atoms with Crippen molar-refractivity contribution in [1.82, 2.24) is 4.98 Å². The van der Waals surface area contributed by atoms with Gasteiger partial charge in [-0.3, -0.25) is 4.99 Å². The number of carbonyl (C=O) groups excluding carboxylic acids is 1. The average Bonchev–Trinajstić information content (AvgIpc) is 3.42. The number of benzene rings is 2. The minimum absolute atomic E-state index is 0.118. The lowest BCUT2D eigenvalue weighted by atomic mass is 9.75. The number of nitrogens with zero attached hydrogens (tertiary/aromatic N) is 2. The number of rotatable bonds is 5. The van der Waals surface area contributed by atoms with Gasteiger partial charge in [0, 0.05) is 22.5 Å². The molecule has 5 nitrogen and oxygen atoms in total. The highest BCUT2D eigenvalue weighted by Gasteiger charge is 2.37. The number of nitrogens with one attached hydrogen (secondary N) is 1. The summed E-state index contributed by atoms with van der Waals surface area (Å²) in [5.74, 6) is 0.930. The van der Waals surface area contributed by atoms with Crippen molar-refractivity contribution in [2.24, 2.45) is 22.7 Å². The Hall–Kier alpha value is -4.17. The van der Waals surface area contributed by atoms with E-state index in [0.717, 1.165) is 46.5 Å². The van der Waals surface area contributed by atoms with Crippen molar-refractivity contribution in [3.05, 3.63) is 94.4 Å². The predicted octanol–water partition coefficient (Wildman–Crippen LogP) is 7.74. The van der Waals surface area contributed by atoms with E-state index in [1.165, 1.54) is 0 Å². The number of allylic oxidation sites excluding steroid dienone is 1. The van der Waals surface area contributed by atoms with Gasteiger partial charge in [-0.15, -0.1) is 0 Å². The third-order valence-corrected chi connectivity index (χ3v) is 8.01. The summed E-state index contributed by atoms with van der Waals surface area (Å²) in [5.41, 5.74) is 7.44. The van der Waals surface area contributed by atoms with Crippen molar-refractivity contribution in [2.45, 2.75) is 53.6 Å². The van der Waals surface area contributed by atoms with Gasteiger partial charge < -0.3 is 9.72 Å². The molecule has 1 N–H and O–H groups in total. The van der Waals surface area contributed by atoms with Gasteiger partial charge in [-0.1, -0.05) is 81.4 Å². The van der Waals surface area contributed by atoms with E-state index < -0.39 is 0 Å². The molecule has 2 atom stereocenters. The molecule has 3 aromatic rings. The molecule has 1 aliphatic heterocycles. The molecule has 5 heteroatoms. The maximum absolute atomic E-state index is 13.8. The number of hydrogen-bond donors (Lipinski definition) is 1. The Kier molecular flexibility index (Phi) is 7.39. The highest BCUT2D eigenvalue weighted by molar-refractivity contribution is 6.29. The van der Waals surface area contributed by atoms with Crippen LogP contribution in [0.15, 0.2) is 76.9 Å². The van der Waals surface area contributed by atoms with Crippen molar-refractivity contribution in [3.8, 4) is 17.2 Å². The number of ether oxygens (including phenoxy) is 1. The largest absolute Gasteiger partial charge is 0.458 e. The molecule has 2 aromatic carbocycles. The third kappa shape index (κ3) is 5.12. The van der Waals surface area contributed by atoms with Gasteiger partial charge in [0.2, 0.25) is 0 Å². The van der Waals surface area contributed by atoms with Crippen molar-refractivity contribution in [2.75, 3.05) is 0 Å². The van der Waals surface area contributed by atoms with Crippen molar-refractivity contribution in [3.63, 3.8) is 0 Å². The van der Waals surface area contributed by atoms with E-state index in [1.807, 2.05) is 80.6 Å². The lowest BCUT2D eigenvalue weighted by Gasteiger charge is -2.37. The molecule has 39 heavy (non-hydrogen) atoms. The highest BCUT2D eigenvalue weighted by Crippen LogP contribution is 2.40. The number of aryl methyl sites for hydroxylation is 1. The first-order valence-electron chi connectivity index (χ1n) is 13.7. The third-order valence-electron chi connectivity index (χ3n) is 8.01. The monoisotopic (exact) mass is 517 g/mol. The first-order chi connectivity index (χ1) is 18.8. The van der Waals surface area contributed by atoms with Crippen LogP contribution in [0.5, 0.6) is 0 Å². The molecule has 1 aromatic heterocycles. The van der Waals surface area contributed by atoms with Gasteiger partial charge in [0.25, 0.3) is 0 Å². The van der Waals surface area contributed by atoms with Crippen molar-refractivity contribution < 1.29 is 9.53 Å². The van der Waals surface area contributed by atoms with Crippen molar-refractivity contribution >= 4 is 23.3 Å². The van der Waals surface area contributed by atoms with Crippen LogP contribution in [0.1, 0.15) is 63.1 Å². The minimum atomic E-state index is -0.319. The quantitative estimate of drug-likeness (QED) is 0.352. The fraction of sp³-hybridized carbons (Fsp3) is 0.324. The fourth-order valence-corrected chi connectivity index (χ4v) is 6.40. The van der Waals surface area contributed by atoms with Gasteiger partial charge in [-0.2, -0.15) is 5.26 Å². The lowest BCUT2D eigenvalue weighted by Crippen LogP contribution is -2.38. The van der Waals surface area contributed by atoms with E-state index in [0.29, 0.717) is 40.3 Å². The number of hydrogen-bond acceptors (Lipinski definition) is 4. The summed E-state index contributed by atoms with van der Waals surface area (Å²) in [6, 6.07) is 22.1. The van der Waals surface area contributed by atoms with Crippen LogP contribution in [-0.4, -0.2) is 22.8 Å². The van der Waals surface area contributed by atoms with Crippen LogP contribution < -0.4 is 0 Å². The maximum atomic E-state index is 13.8. The normalized spacial score (nSPS) is 24.0. The molecule has 2 heterocycles. The van der Waals surface area contributed by atoms with Gasteiger partial charge >= 0.3 is 5.97 Å². The summed E-state index contributed by atoms with van der Waals surface area (Å²) in [6.45, 7) is 10.4. The number of aromatic nitrogens is 1. The van der Waals surface area contributed by atoms with Crippen LogP contribution in [0.25, 0.3) is 22.8 Å². The van der Waals surface area contributed by atoms with Crippen LogP contribution in [-0.2, 0) is 9.53 Å². The number of carbonyl (C=O) groups is 1. The maximum Gasteiger partial charge on any atom is 0.340 e. The molecular weight excluding hydrogens is 482 g/mol. The summed E-state index contributed by atoms with van der Waals surface area (Å²) < 4.78 is 6.25. The van der Waals surface area contributed by atoms with Crippen LogP contribution >= 0.6 is 0 Å². The fourth-order valence-electron chi connectivity index (χ4n) is 6.40. The van der Waals surface area contributed by atoms with Crippen molar-refractivity contribution in [1.29, 1.82) is 5.26 Å². The number of aromatic amines is 1. The molecule has 1 aliphatic carbocycles. The Balaban J connectivity index is 1.62. The molecule has 0 amide bonds. The summed E-state index contributed by atoms with van der Waals surface area (Å²) in [7, 11) is 0. The SMILES string of the molecule is CC1=N/C(=C\c2[nH]c(C)c(C#N)c2-c2ccccc2)C(c2ccccc2)=C1C(=O)OC1C(C)CC(C)CC1C. The lowest BCUT2D eigenvalue weighted by molar-refractivity contribution is -0.152. The molecule has 0 bridgehead atoms. The number of H-pyrrole nitrogens is 1. The summed E-state index contributed by atoms with van der Waals surface area (Å²) in [5, 5.41) is 9.95. The number of esters is 1. The van der Waals surface area contributed by atoms with Gasteiger partial charge in [-0.05, 0) is 61.6 Å². The van der Waals surface area contributed by atoms with E-state index in [2.05, 4.69) is 31.8 Å². The molecule has 0 spiro atoms. The molecule has 2 aliphatic rings. The van der Waals surface area contributed by atoms with Gasteiger partial charge in [0.15, 0.2) is 0 Å². The van der Waals surface area contributed by atoms with E-state index >= 15 is 0 Å². The molecular formula is C34H35N3O2. The topological polar surface area (TPSA) is 78.2 Å². The van der Waals surface area contributed by atoms with Crippen LogP contribution in [0.3, 0.4) is 0 Å². The zero-order valence-electron chi connectivity index (χ0n) is 23.3. The molecule has 1 saturated carbocycles. The smallest absolute Gasteiger partial charge is 0.340 e. The van der Waals surface area contributed by atoms with Gasteiger partial charge in [0.1, 0.15) is 12.2 Å². The molecule has 2 unspecified atom stereocenters. The predicted molar refractivity (Wildman–Crippen MR) is 157 cm³/mol. The van der Waals surface area contributed by atoms with Gasteiger partial charge in [-0.25, -0.2) is 4.79 Å². The van der Waals surface area contributed by atoms with E-state index in [1.54, 1.807) is 0 Å². The summed E-state index contributed by atoms with van der Waals surface area (Å²) >= 11 is 0. The Labute approximate surface area is 230 Å². The second-order valence-electron chi connectivity index (χ2n) is 11.1. The average molecular weight is 518 g/mol. The zero-order chi connectivity index (χ0) is 27.7. The van der Waals surface area contributed by atoms with Crippen LogP contribution in [0.4, 0.5) is 0 Å². The van der Waals surface area contributed by atoms with Crippen LogP contribution in [0, 0.1) is 36.0 Å². The van der Waals surface area contributed by atoms with Gasteiger partial charge in [0.05, 0.1) is 22.5 Å². The van der Waals surface area contributed by atoms with E-state index in [4.69, 9.17) is 9.73 Å². The molecule has 198 valence electrons. The zero-order valence-corrected chi connectivity index (χ0v) is 23.3. The first kappa shape index (κ1) is 26.4. The first-order valence-corrected chi connectivity index (χ1v) is 13.7. The Morgan fingerprint density at radius 1 is 0.974 bits per heavy atom. The number of nitriles is 1. The minimum Gasteiger partial charge on any atom is -0.458 e. The molecule has 5 rings (SSSR count). The van der Waals surface area contributed by atoms with E-state index in [-0.39, 0.29) is 12.1 Å². The molecule has 0 saturated heterocycles. The molecule has 0 radical (unpaired) electrons. The Morgan fingerprint density at radius 3 is 2.15 bits per heavy atom. The highest BCUT2D eigenvalue weighted by atomic mass is 16.5. The Morgan fingerprint density at radius 2 is 1.56 bits per heavy atom. The second kappa shape index (κ2) is 10.9. The summed E-state index contributed by atoms with van der Waals surface area (Å²) in [4.78, 5) is 22.1. The summed E-state index contributed by atoms with van der Waals surface area (Å²) in [6.07, 6.45) is 3.95. The molecule has 1 fully saturated rings. The number of aliphatic imine (C=N–C) groups is 1. The Bertz CT molecular complexity index is 1510. The van der Waals surface area contributed by atoms with E-state index in [9.17, 15) is 10.1 Å².